The normalized spacial score (nSPS) is 10.7. The SMILES string of the molecule is COc1cccc(NCc2cncn2C(C)C)c1. The minimum atomic E-state index is 0.426. The number of imidazole rings is 1. The number of nitrogens with zero attached hydrogens (tertiary/aromatic N) is 2. The maximum Gasteiger partial charge on any atom is 0.120 e. The first-order valence-electron chi connectivity index (χ1n) is 6.09. The van der Waals surface area contributed by atoms with Crippen molar-refractivity contribution in [3.63, 3.8) is 0 Å². The van der Waals surface area contributed by atoms with Crippen molar-refractivity contribution in [3.05, 3.63) is 42.5 Å². The molecule has 0 saturated carbocycles. The van der Waals surface area contributed by atoms with Crippen molar-refractivity contribution in [2.45, 2.75) is 26.4 Å². The van der Waals surface area contributed by atoms with E-state index in [0.717, 1.165) is 18.0 Å². The minimum absolute atomic E-state index is 0.426. The lowest BCUT2D eigenvalue weighted by Crippen LogP contribution is -2.08. The van der Waals surface area contributed by atoms with Gasteiger partial charge in [-0.05, 0) is 26.0 Å². The summed E-state index contributed by atoms with van der Waals surface area (Å²) >= 11 is 0. The highest BCUT2D eigenvalue weighted by Crippen LogP contribution is 2.18. The van der Waals surface area contributed by atoms with E-state index in [4.69, 9.17) is 4.74 Å². The van der Waals surface area contributed by atoms with E-state index in [1.54, 1.807) is 7.11 Å². The van der Waals surface area contributed by atoms with E-state index < -0.39 is 0 Å². The molecule has 0 unspecified atom stereocenters. The van der Waals surface area contributed by atoms with Gasteiger partial charge in [0.2, 0.25) is 0 Å². The molecule has 4 nitrogen and oxygen atoms in total. The van der Waals surface area contributed by atoms with Crippen LogP contribution in [0.15, 0.2) is 36.8 Å². The van der Waals surface area contributed by atoms with Gasteiger partial charge in [-0.2, -0.15) is 0 Å². The molecule has 0 atom stereocenters. The van der Waals surface area contributed by atoms with Crippen LogP contribution >= 0.6 is 0 Å². The van der Waals surface area contributed by atoms with Crippen molar-refractivity contribution in [2.75, 3.05) is 12.4 Å². The van der Waals surface area contributed by atoms with E-state index in [1.807, 2.05) is 36.8 Å². The second-order valence-corrected chi connectivity index (χ2v) is 4.47. The molecular formula is C14H19N3O. The van der Waals surface area contributed by atoms with Crippen LogP contribution in [0.3, 0.4) is 0 Å². The van der Waals surface area contributed by atoms with E-state index in [1.165, 1.54) is 5.69 Å². The lowest BCUT2D eigenvalue weighted by atomic mass is 10.3. The molecule has 1 heterocycles. The van der Waals surface area contributed by atoms with Crippen LogP contribution in [0.2, 0.25) is 0 Å². The van der Waals surface area contributed by atoms with Gasteiger partial charge in [-0.25, -0.2) is 4.98 Å². The van der Waals surface area contributed by atoms with E-state index in [0.29, 0.717) is 6.04 Å². The number of hydrogen-bond acceptors (Lipinski definition) is 3. The zero-order valence-electron chi connectivity index (χ0n) is 11.1. The summed E-state index contributed by atoms with van der Waals surface area (Å²) in [5.41, 5.74) is 2.22. The molecule has 0 aliphatic carbocycles. The van der Waals surface area contributed by atoms with Gasteiger partial charge >= 0.3 is 0 Å². The molecule has 0 aliphatic heterocycles. The van der Waals surface area contributed by atoms with E-state index in [2.05, 4.69) is 28.7 Å². The molecule has 0 radical (unpaired) electrons. The summed E-state index contributed by atoms with van der Waals surface area (Å²) in [4.78, 5) is 4.19. The molecule has 4 heteroatoms. The maximum absolute atomic E-state index is 5.20. The molecule has 1 aromatic carbocycles. The van der Waals surface area contributed by atoms with Gasteiger partial charge in [-0.15, -0.1) is 0 Å². The minimum Gasteiger partial charge on any atom is -0.497 e. The number of nitrogens with one attached hydrogen (secondary N) is 1. The Labute approximate surface area is 108 Å². The van der Waals surface area contributed by atoms with Gasteiger partial charge in [0, 0.05) is 24.0 Å². The molecule has 0 saturated heterocycles. The Kier molecular flexibility index (Phi) is 3.87. The van der Waals surface area contributed by atoms with Gasteiger partial charge in [0.25, 0.3) is 0 Å². The number of benzene rings is 1. The quantitative estimate of drug-likeness (QED) is 0.879. The Bertz CT molecular complexity index is 505. The summed E-state index contributed by atoms with van der Waals surface area (Å²) in [6.45, 7) is 5.05. The molecule has 2 rings (SSSR count). The third-order valence-corrected chi connectivity index (χ3v) is 2.85. The van der Waals surface area contributed by atoms with Gasteiger partial charge in [0.15, 0.2) is 0 Å². The Morgan fingerprint density at radius 1 is 1.39 bits per heavy atom. The number of methoxy groups -OCH3 is 1. The highest BCUT2D eigenvalue weighted by molar-refractivity contribution is 5.48. The maximum atomic E-state index is 5.20. The monoisotopic (exact) mass is 245 g/mol. The number of ether oxygens (including phenoxy) is 1. The largest absolute Gasteiger partial charge is 0.497 e. The fourth-order valence-corrected chi connectivity index (χ4v) is 1.86. The zero-order valence-corrected chi connectivity index (χ0v) is 11.1. The van der Waals surface area contributed by atoms with Crippen LogP contribution in [0.1, 0.15) is 25.6 Å². The molecule has 96 valence electrons. The smallest absolute Gasteiger partial charge is 0.120 e. The Hall–Kier alpha value is -1.97. The van der Waals surface area contributed by atoms with Crippen molar-refractivity contribution in [1.29, 1.82) is 0 Å². The van der Waals surface area contributed by atoms with Crippen LogP contribution in [0, 0.1) is 0 Å². The molecule has 1 aromatic heterocycles. The van der Waals surface area contributed by atoms with Crippen molar-refractivity contribution in [3.8, 4) is 5.75 Å². The third kappa shape index (κ3) is 2.83. The first-order chi connectivity index (χ1) is 8.70. The predicted molar refractivity (Wildman–Crippen MR) is 72.9 cm³/mol. The molecule has 0 spiro atoms. The fraction of sp³-hybridized carbons (Fsp3) is 0.357. The summed E-state index contributed by atoms with van der Waals surface area (Å²) in [7, 11) is 1.67. The second-order valence-electron chi connectivity index (χ2n) is 4.47. The first-order valence-corrected chi connectivity index (χ1v) is 6.09. The van der Waals surface area contributed by atoms with Crippen LogP contribution in [0.25, 0.3) is 0 Å². The number of rotatable bonds is 5. The van der Waals surface area contributed by atoms with Crippen LogP contribution < -0.4 is 10.1 Å². The Morgan fingerprint density at radius 2 is 2.22 bits per heavy atom. The van der Waals surface area contributed by atoms with E-state index in [9.17, 15) is 0 Å². The zero-order chi connectivity index (χ0) is 13.0. The highest BCUT2D eigenvalue weighted by Gasteiger charge is 2.05. The lowest BCUT2D eigenvalue weighted by Gasteiger charge is -2.13. The summed E-state index contributed by atoms with van der Waals surface area (Å²) in [6, 6.07) is 8.34. The van der Waals surface area contributed by atoms with Crippen LogP contribution in [-0.4, -0.2) is 16.7 Å². The molecule has 0 fully saturated rings. The molecule has 1 N–H and O–H groups in total. The summed E-state index contributed by atoms with van der Waals surface area (Å²) in [5.74, 6) is 0.859. The van der Waals surface area contributed by atoms with Gasteiger partial charge < -0.3 is 14.6 Å². The van der Waals surface area contributed by atoms with Crippen LogP contribution in [0.4, 0.5) is 5.69 Å². The fourth-order valence-electron chi connectivity index (χ4n) is 1.86. The van der Waals surface area contributed by atoms with Gasteiger partial charge in [-0.1, -0.05) is 6.07 Å². The summed E-state index contributed by atoms with van der Waals surface area (Å²) < 4.78 is 7.36. The first kappa shape index (κ1) is 12.5. The summed E-state index contributed by atoms with van der Waals surface area (Å²) in [6.07, 6.45) is 3.76. The number of hydrogen-bond donors (Lipinski definition) is 1. The van der Waals surface area contributed by atoms with Crippen molar-refractivity contribution < 1.29 is 4.74 Å². The summed E-state index contributed by atoms with van der Waals surface area (Å²) in [5, 5.41) is 3.38. The van der Waals surface area contributed by atoms with E-state index in [-0.39, 0.29) is 0 Å². The average molecular weight is 245 g/mol. The van der Waals surface area contributed by atoms with Crippen LogP contribution in [-0.2, 0) is 6.54 Å². The van der Waals surface area contributed by atoms with Gasteiger partial charge in [0.05, 0.1) is 25.7 Å². The third-order valence-electron chi connectivity index (χ3n) is 2.85. The molecule has 0 bridgehead atoms. The second kappa shape index (κ2) is 5.58. The van der Waals surface area contributed by atoms with Crippen molar-refractivity contribution in [1.82, 2.24) is 9.55 Å². The number of anilines is 1. The van der Waals surface area contributed by atoms with Crippen LogP contribution in [0.5, 0.6) is 5.75 Å². The number of aromatic nitrogens is 2. The standard InChI is InChI=1S/C14H19N3O/c1-11(2)17-10-15-8-13(17)9-16-12-5-4-6-14(7-12)18-3/h4-8,10-11,16H,9H2,1-3H3. The predicted octanol–water partition coefficient (Wildman–Crippen LogP) is 3.08. The van der Waals surface area contributed by atoms with Crippen molar-refractivity contribution in [2.24, 2.45) is 0 Å². The molecular weight excluding hydrogens is 226 g/mol. The van der Waals surface area contributed by atoms with Crippen molar-refractivity contribution >= 4 is 5.69 Å². The van der Waals surface area contributed by atoms with E-state index >= 15 is 0 Å². The molecule has 0 aliphatic rings. The topological polar surface area (TPSA) is 39.1 Å². The van der Waals surface area contributed by atoms with Gasteiger partial charge in [0.1, 0.15) is 5.75 Å². The van der Waals surface area contributed by atoms with Gasteiger partial charge in [-0.3, -0.25) is 0 Å². The Balaban J connectivity index is 2.04. The lowest BCUT2D eigenvalue weighted by molar-refractivity contribution is 0.415. The average Bonchev–Trinajstić information content (AvgIpc) is 2.85. The molecule has 2 aromatic rings. The molecule has 0 amide bonds. The molecule has 18 heavy (non-hydrogen) atoms. The highest BCUT2D eigenvalue weighted by atomic mass is 16.5. The Morgan fingerprint density at radius 3 is 2.94 bits per heavy atom.